The molecule has 1 aliphatic heterocycles. The van der Waals surface area contributed by atoms with Crippen LogP contribution in [-0.2, 0) is 23.9 Å². The van der Waals surface area contributed by atoms with Crippen molar-refractivity contribution in [1.29, 1.82) is 0 Å². The number of aliphatic hydroxyl groups is 1. The highest BCUT2D eigenvalue weighted by atomic mass is 35.5. The van der Waals surface area contributed by atoms with Crippen molar-refractivity contribution in [3.05, 3.63) is 35.1 Å². The number of Topliss-reactive ketones (excluding diaryl/α,β-unsaturated/α-hetero) is 1. The number of halogens is 1. The quantitative estimate of drug-likeness (QED) is 0.110. The van der Waals surface area contributed by atoms with E-state index in [0.29, 0.717) is 55.4 Å². The summed E-state index contributed by atoms with van der Waals surface area (Å²) in [4.78, 5) is 37.5. The third-order valence-electron chi connectivity index (χ3n) is 6.95. The molecule has 0 aromatic rings. The smallest absolute Gasteiger partial charge is 0.223 e. The second-order valence-corrected chi connectivity index (χ2v) is 10.5. The molecule has 1 fully saturated rings. The molecule has 0 bridgehead atoms. The fourth-order valence-electron chi connectivity index (χ4n) is 5.11. The predicted molar refractivity (Wildman–Crippen MR) is 142 cm³/mol. The highest BCUT2D eigenvalue weighted by Crippen LogP contribution is 2.37. The zero-order valence-corrected chi connectivity index (χ0v) is 23.4. The van der Waals surface area contributed by atoms with Crippen molar-refractivity contribution in [2.45, 2.75) is 72.0 Å². The summed E-state index contributed by atoms with van der Waals surface area (Å²) in [7, 11) is 3.09. The van der Waals surface area contributed by atoms with Gasteiger partial charge in [0.25, 0.3) is 0 Å². The van der Waals surface area contributed by atoms with Gasteiger partial charge in [0, 0.05) is 49.9 Å². The highest BCUT2D eigenvalue weighted by Gasteiger charge is 2.38. The number of likely N-dealkylation sites (tertiary alicyclic amines) is 1. The Morgan fingerprint density at radius 2 is 1.83 bits per heavy atom. The van der Waals surface area contributed by atoms with Crippen LogP contribution in [0.1, 0.15) is 59.8 Å². The van der Waals surface area contributed by atoms with E-state index in [-0.39, 0.29) is 23.8 Å². The molecule has 1 N–H and O–H groups in total. The van der Waals surface area contributed by atoms with Gasteiger partial charge in [-0.3, -0.25) is 14.4 Å². The molecule has 0 aromatic carbocycles. The first kappa shape index (κ1) is 32.1. The van der Waals surface area contributed by atoms with E-state index in [0.717, 1.165) is 6.42 Å². The van der Waals surface area contributed by atoms with Crippen LogP contribution in [-0.4, -0.2) is 67.5 Å². The van der Waals surface area contributed by atoms with Gasteiger partial charge >= 0.3 is 0 Å². The molecule has 1 amide bonds. The van der Waals surface area contributed by atoms with Gasteiger partial charge in [-0.15, -0.1) is 0 Å². The summed E-state index contributed by atoms with van der Waals surface area (Å²) in [6, 6.07) is 0. The second kappa shape index (κ2) is 16.0. The number of unbranched alkanes of at least 4 members (excludes halogenated alkanes) is 1. The molecule has 1 rings (SSSR count). The molecular weight excluding hydrogens is 482 g/mol. The Labute approximate surface area is 221 Å². The molecule has 0 aromatic heterocycles. The molecule has 6 atom stereocenters. The first-order valence-corrected chi connectivity index (χ1v) is 13.1. The number of ether oxygens (including phenoxy) is 2. The third kappa shape index (κ3) is 10.2. The van der Waals surface area contributed by atoms with E-state index in [9.17, 15) is 19.5 Å². The van der Waals surface area contributed by atoms with Gasteiger partial charge in [0.15, 0.2) is 12.1 Å². The van der Waals surface area contributed by atoms with Crippen molar-refractivity contribution in [1.82, 2.24) is 4.90 Å². The lowest BCUT2D eigenvalue weighted by atomic mass is 9.75. The van der Waals surface area contributed by atoms with Crippen LogP contribution in [0.2, 0.25) is 0 Å². The summed E-state index contributed by atoms with van der Waals surface area (Å²) in [6.07, 6.45) is 4.67. The summed E-state index contributed by atoms with van der Waals surface area (Å²) in [6.45, 7) is 13.2. The van der Waals surface area contributed by atoms with Crippen molar-refractivity contribution in [2.24, 2.45) is 23.7 Å². The first-order chi connectivity index (χ1) is 16.9. The van der Waals surface area contributed by atoms with Gasteiger partial charge in [0.2, 0.25) is 5.91 Å². The van der Waals surface area contributed by atoms with Gasteiger partial charge in [0.05, 0.1) is 25.1 Å². The maximum absolute atomic E-state index is 13.6. The molecule has 6 unspecified atom stereocenters. The zero-order valence-electron chi connectivity index (χ0n) is 22.7. The first-order valence-electron chi connectivity index (χ1n) is 12.7. The normalized spacial score (nSPS) is 22.4. The van der Waals surface area contributed by atoms with Crippen molar-refractivity contribution in [2.75, 3.05) is 27.3 Å². The topological polar surface area (TPSA) is 93.1 Å². The summed E-state index contributed by atoms with van der Waals surface area (Å²) in [5, 5.41) is 11.5. The summed E-state index contributed by atoms with van der Waals surface area (Å²) in [5.41, 5.74) is 0.637. The van der Waals surface area contributed by atoms with Crippen LogP contribution < -0.4 is 0 Å². The Hall–Kier alpha value is -1.96. The number of carbonyl (C=O) groups is 3. The Morgan fingerprint density at radius 1 is 1.22 bits per heavy atom. The number of allylic oxidation sites excluding steroid dienone is 4. The van der Waals surface area contributed by atoms with E-state index in [2.05, 4.69) is 20.4 Å². The van der Waals surface area contributed by atoms with Crippen LogP contribution >= 0.6 is 11.6 Å². The lowest BCUT2D eigenvalue weighted by Crippen LogP contribution is -2.45. The van der Waals surface area contributed by atoms with Crippen LogP contribution in [0.4, 0.5) is 0 Å². The molecular formula is C28H44ClNO6. The number of nitrogens with zero attached hydrogens (tertiary/aromatic N) is 1. The molecule has 1 saturated heterocycles. The number of hydrogen-bond acceptors (Lipinski definition) is 6. The Kier molecular flexibility index (Phi) is 14.3. The van der Waals surface area contributed by atoms with Crippen molar-refractivity contribution < 1.29 is 29.0 Å². The van der Waals surface area contributed by atoms with Gasteiger partial charge < -0.3 is 19.5 Å². The molecule has 0 saturated carbocycles. The number of ketones is 1. The molecule has 204 valence electrons. The van der Waals surface area contributed by atoms with Gasteiger partial charge in [0.1, 0.15) is 0 Å². The molecule has 8 heteroatoms. The molecule has 0 aliphatic carbocycles. The maximum Gasteiger partial charge on any atom is 0.223 e. The van der Waals surface area contributed by atoms with Gasteiger partial charge in [-0.05, 0) is 56.6 Å². The number of amides is 1. The van der Waals surface area contributed by atoms with Crippen molar-refractivity contribution in [3.8, 4) is 0 Å². The van der Waals surface area contributed by atoms with E-state index in [1.165, 1.54) is 7.11 Å². The van der Waals surface area contributed by atoms with E-state index < -0.39 is 29.8 Å². The standard InChI is InChI=1S/C28H44ClNO6/c1-18-12-19(2)16-30(15-18)27(34)14-25(24(21(4)29)11-9-8-10-23(32)17-31)28(22(5)36-7)26(33)13-20(3)35-6/h11,13,17-19,22,25-26,28,33H,4,8-10,12,14-16H2,1-3,5-7H3/b20-13?,24-11+. The number of aliphatic hydroxyl groups excluding tert-OH is 1. The minimum atomic E-state index is -0.979. The average Bonchev–Trinajstić information content (AvgIpc) is 2.82. The maximum atomic E-state index is 13.6. The molecule has 1 aliphatic rings. The summed E-state index contributed by atoms with van der Waals surface area (Å²) < 4.78 is 10.9. The lowest BCUT2D eigenvalue weighted by Gasteiger charge is -2.39. The van der Waals surface area contributed by atoms with Crippen LogP contribution in [0.25, 0.3) is 0 Å². The molecule has 7 nitrogen and oxygen atoms in total. The van der Waals surface area contributed by atoms with Gasteiger partial charge in [-0.2, -0.15) is 0 Å². The fourth-order valence-corrected chi connectivity index (χ4v) is 5.33. The number of methoxy groups -OCH3 is 2. The van der Waals surface area contributed by atoms with Crippen LogP contribution in [0.5, 0.6) is 0 Å². The van der Waals surface area contributed by atoms with Crippen LogP contribution in [0.15, 0.2) is 35.1 Å². The zero-order chi connectivity index (χ0) is 27.4. The Balaban J connectivity index is 3.42. The van der Waals surface area contributed by atoms with Crippen molar-refractivity contribution in [3.63, 3.8) is 0 Å². The average molecular weight is 526 g/mol. The largest absolute Gasteiger partial charge is 0.502 e. The number of aldehydes is 1. The van der Waals surface area contributed by atoms with E-state index in [1.807, 2.05) is 17.9 Å². The number of rotatable bonds is 15. The highest BCUT2D eigenvalue weighted by molar-refractivity contribution is 6.31. The van der Waals surface area contributed by atoms with Crippen LogP contribution in [0, 0.1) is 23.7 Å². The number of hydrogen-bond donors (Lipinski definition) is 1. The van der Waals surface area contributed by atoms with Crippen LogP contribution in [0.3, 0.4) is 0 Å². The van der Waals surface area contributed by atoms with Gasteiger partial charge in [-0.1, -0.05) is 38.1 Å². The summed E-state index contributed by atoms with van der Waals surface area (Å²) in [5.74, 6) is -0.124. The molecule has 0 spiro atoms. The molecule has 1 heterocycles. The predicted octanol–water partition coefficient (Wildman–Crippen LogP) is 4.68. The van der Waals surface area contributed by atoms with E-state index in [1.54, 1.807) is 20.1 Å². The molecule has 0 radical (unpaired) electrons. The van der Waals surface area contributed by atoms with Crippen molar-refractivity contribution >= 4 is 29.6 Å². The SMILES string of the molecule is C=C(Cl)/C(=C\CCCC(=O)C=O)C(CC(=O)N1CC(C)CC(C)C1)C(C(O)C=C(C)OC)C(C)OC. The minimum absolute atomic E-state index is 0.00806. The Morgan fingerprint density at radius 3 is 2.33 bits per heavy atom. The monoisotopic (exact) mass is 525 g/mol. The number of piperidine rings is 1. The summed E-state index contributed by atoms with van der Waals surface area (Å²) >= 11 is 6.48. The van der Waals surface area contributed by atoms with Gasteiger partial charge in [-0.25, -0.2) is 0 Å². The van der Waals surface area contributed by atoms with E-state index >= 15 is 0 Å². The second-order valence-electron chi connectivity index (χ2n) is 10.1. The number of carbonyl (C=O) groups excluding carboxylic acids is 3. The Bertz CT molecular complexity index is 813. The minimum Gasteiger partial charge on any atom is -0.502 e. The lowest BCUT2D eigenvalue weighted by molar-refractivity contribution is -0.135. The fraction of sp³-hybridized carbons (Fsp3) is 0.679. The van der Waals surface area contributed by atoms with E-state index in [4.69, 9.17) is 21.1 Å². The third-order valence-corrected chi connectivity index (χ3v) is 7.17. The molecule has 36 heavy (non-hydrogen) atoms.